The van der Waals surface area contributed by atoms with Gasteiger partial charge in [-0.2, -0.15) is 0 Å². The molecule has 1 rings (SSSR count). The van der Waals surface area contributed by atoms with Crippen LogP contribution in [0.2, 0.25) is 0 Å². The van der Waals surface area contributed by atoms with Crippen LogP contribution in [0.4, 0.5) is 0 Å². The van der Waals surface area contributed by atoms with Crippen LogP contribution in [0.1, 0.15) is 26.7 Å². The lowest BCUT2D eigenvalue weighted by Crippen LogP contribution is -2.50. The van der Waals surface area contributed by atoms with Crippen LogP contribution in [0.5, 0.6) is 0 Å². The van der Waals surface area contributed by atoms with Crippen molar-refractivity contribution < 1.29 is 13.5 Å². The second-order valence-electron chi connectivity index (χ2n) is 4.26. The molecule has 0 aliphatic rings. The Hall–Kier alpha value is -0.850. The summed E-state index contributed by atoms with van der Waals surface area (Å²) in [5.41, 5.74) is -0.769. The molecule has 1 heterocycles. The highest BCUT2D eigenvalue weighted by Gasteiger charge is 2.31. The molecule has 0 spiro atoms. The van der Waals surface area contributed by atoms with Crippen molar-refractivity contribution in [3.05, 3.63) is 18.5 Å². The summed E-state index contributed by atoms with van der Waals surface area (Å²) >= 11 is 0. The van der Waals surface area contributed by atoms with Crippen LogP contribution in [-0.2, 0) is 17.1 Å². The fraction of sp³-hybridized carbons (Fsp3) is 0.636. The molecule has 0 atom stereocenters. The number of aliphatic hydroxyl groups is 1. The molecule has 1 aromatic heterocycles. The normalized spacial score (nSPS) is 12.9. The van der Waals surface area contributed by atoms with Gasteiger partial charge in [-0.05, 0) is 18.9 Å². The lowest BCUT2D eigenvalue weighted by atomic mass is 9.96. The van der Waals surface area contributed by atoms with Gasteiger partial charge in [0.15, 0.2) is 0 Å². The summed E-state index contributed by atoms with van der Waals surface area (Å²) in [4.78, 5) is 0.222. The molecule has 98 valence electrons. The highest BCUT2D eigenvalue weighted by Crippen LogP contribution is 2.19. The van der Waals surface area contributed by atoms with E-state index in [-0.39, 0.29) is 11.5 Å². The Morgan fingerprint density at radius 2 is 2.00 bits per heavy atom. The van der Waals surface area contributed by atoms with E-state index in [2.05, 4.69) is 4.72 Å². The van der Waals surface area contributed by atoms with Gasteiger partial charge in [-0.15, -0.1) is 0 Å². The smallest absolute Gasteiger partial charge is 0.242 e. The molecule has 0 radical (unpaired) electrons. The van der Waals surface area contributed by atoms with Gasteiger partial charge < -0.3 is 9.67 Å². The van der Waals surface area contributed by atoms with Crippen LogP contribution in [0.15, 0.2) is 23.4 Å². The van der Waals surface area contributed by atoms with Gasteiger partial charge in [-0.1, -0.05) is 13.8 Å². The topological polar surface area (TPSA) is 71.3 Å². The monoisotopic (exact) mass is 260 g/mol. The first-order valence-corrected chi connectivity index (χ1v) is 7.14. The molecule has 5 nitrogen and oxygen atoms in total. The Balaban J connectivity index is 3.00. The van der Waals surface area contributed by atoms with E-state index in [1.165, 1.54) is 12.3 Å². The van der Waals surface area contributed by atoms with E-state index in [0.29, 0.717) is 12.8 Å². The van der Waals surface area contributed by atoms with E-state index in [1.807, 2.05) is 13.8 Å². The SMILES string of the molecule is CCC(CC)(CO)NS(=O)(=O)c1ccn(C)c1. The quantitative estimate of drug-likeness (QED) is 0.796. The molecule has 0 saturated heterocycles. The van der Waals surface area contributed by atoms with Gasteiger partial charge in [0, 0.05) is 19.4 Å². The summed E-state index contributed by atoms with van der Waals surface area (Å²) < 4.78 is 28.5. The number of aromatic nitrogens is 1. The minimum absolute atomic E-state index is 0.202. The van der Waals surface area contributed by atoms with Gasteiger partial charge in [0.1, 0.15) is 0 Å². The number of hydrogen-bond donors (Lipinski definition) is 2. The van der Waals surface area contributed by atoms with E-state index >= 15 is 0 Å². The van der Waals surface area contributed by atoms with Crippen LogP contribution in [0.25, 0.3) is 0 Å². The minimum atomic E-state index is -3.56. The van der Waals surface area contributed by atoms with Crippen LogP contribution in [0.3, 0.4) is 0 Å². The average molecular weight is 260 g/mol. The van der Waals surface area contributed by atoms with E-state index < -0.39 is 15.6 Å². The number of sulfonamides is 1. The maximum atomic E-state index is 12.1. The highest BCUT2D eigenvalue weighted by atomic mass is 32.2. The van der Waals surface area contributed by atoms with Crippen molar-refractivity contribution in [2.45, 2.75) is 37.1 Å². The molecular weight excluding hydrogens is 240 g/mol. The molecule has 0 unspecified atom stereocenters. The molecule has 0 saturated carbocycles. The van der Waals surface area contributed by atoms with E-state index in [0.717, 1.165) is 0 Å². The molecule has 0 aliphatic heterocycles. The molecule has 6 heteroatoms. The standard InChI is InChI=1S/C11H20N2O3S/c1-4-11(5-2,9-14)12-17(15,16)10-6-7-13(3)8-10/h6-8,12,14H,4-5,9H2,1-3H3. The summed E-state index contributed by atoms with van der Waals surface area (Å²) in [6.07, 6.45) is 4.31. The second kappa shape index (κ2) is 5.20. The van der Waals surface area contributed by atoms with E-state index in [9.17, 15) is 13.5 Å². The molecule has 1 aromatic rings. The summed E-state index contributed by atoms with van der Waals surface area (Å²) in [7, 11) is -1.80. The minimum Gasteiger partial charge on any atom is -0.394 e. The van der Waals surface area contributed by atoms with Crippen molar-refractivity contribution in [1.82, 2.24) is 9.29 Å². The van der Waals surface area contributed by atoms with Crippen LogP contribution in [-0.4, -0.2) is 30.2 Å². The van der Waals surface area contributed by atoms with Gasteiger partial charge in [-0.25, -0.2) is 13.1 Å². The third-order valence-electron chi connectivity index (χ3n) is 3.12. The third-order valence-corrected chi connectivity index (χ3v) is 4.69. The van der Waals surface area contributed by atoms with Gasteiger partial charge in [0.05, 0.1) is 17.0 Å². The zero-order valence-electron chi connectivity index (χ0n) is 10.5. The number of hydrogen-bond acceptors (Lipinski definition) is 3. The third kappa shape index (κ3) is 3.08. The van der Waals surface area contributed by atoms with Crippen molar-refractivity contribution in [3.63, 3.8) is 0 Å². The van der Waals surface area contributed by atoms with Crippen LogP contribution in [0, 0.1) is 0 Å². The zero-order valence-corrected chi connectivity index (χ0v) is 11.3. The number of aryl methyl sites for hydroxylation is 1. The summed E-state index contributed by atoms with van der Waals surface area (Å²) in [6, 6.07) is 1.54. The van der Waals surface area contributed by atoms with Crippen LogP contribution >= 0.6 is 0 Å². The second-order valence-corrected chi connectivity index (χ2v) is 5.95. The molecule has 0 fully saturated rings. The summed E-state index contributed by atoms with van der Waals surface area (Å²) in [5, 5.41) is 9.36. The molecule has 0 amide bonds. The van der Waals surface area contributed by atoms with E-state index in [1.54, 1.807) is 17.8 Å². The first-order valence-electron chi connectivity index (χ1n) is 5.66. The number of rotatable bonds is 6. The molecular formula is C11H20N2O3S. The Morgan fingerprint density at radius 1 is 1.41 bits per heavy atom. The zero-order chi connectivity index (χ0) is 13.1. The van der Waals surface area contributed by atoms with Gasteiger partial charge in [-0.3, -0.25) is 0 Å². The fourth-order valence-electron chi connectivity index (χ4n) is 1.63. The summed E-state index contributed by atoms with van der Waals surface area (Å²) in [6.45, 7) is 3.51. The first-order chi connectivity index (χ1) is 7.89. The van der Waals surface area contributed by atoms with Crippen molar-refractivity contribution in [2.24, 2.45) is 7.05 Å². The van der Waals surface area contributed by atoms with Crippen molar-refractivity contribution >= 4 is 10.0 Å². The number of nitrogens with one attached hydrogen (secondary N) is 1. The molecule has 0 aromatic carbocycles. The Labute approximate surface area is 103 Å². The fourth-order valence-corrected chi connectivity index (χ4v) is 3.22. The Morgan fingerprint density at radius 3 is 2.35 bits per heavy atom. The van der Waals surface area contributed by atoms with Crippen molar-refractivity contribution in [1.29, 1.82) is 0 Å². The lowest BCUT2D eigenvalue weighted by molar-refractivity contribution is 0.172. The maximum absolute atomic E-state index is 12.1. The van der Waals surface area contributed by atoms with Gasteiger partial charge in [0.25, 0.3) is 0 Å². The Bertz CT molecular complexity index is 453. The highest BCUT2D eigenvalue weighted by molar-refractivity contribution is 7.89. The lowest BCUT2D eigenvalue weighted by Gasteiger charge is -2.29. The summed E-state index contributed by atoms with van der Waals surface area (Å²) in [5.74, 6) is 0. The predicted molar refractivity (Wildman–Crippen MR) is 66.1 cm³/mol. The van der Waals surface area contributed by atoms with Crippen molar-refractivity contribution in [3.8, 4) is 0 Å². The predicted octanol–water partition coefficient (Wildman–Crippen LogP) is 0.855. The largest absolute Gasteiger partial charge is 0.394 e. The molecule has 0 aliphatic carbocycles. The molecule has 17 heavy (non-hydrogen) atoms. The molecule has 2 N–H and O–H groups in total. The van der Waals surface area contributed by atoms with Gasteiger partial charge in [0.2, 0.25) is 10.0 Å². The average Bonchev–Trinajstić information content (AvgIpc) is 2.74. The molecule has 0 bridgehead atoms. The Kier molecular flexibility index (Phi) is 4.35. The van der Waals surface area contributed by atoms with Gasteiger partial charge >= 0.3 is 0 Å². The first kappa shape index (κ1) is 14.2. The van der Waals surface area contributed by atoms with Crippen LogP contribution < -0.4 is 4.72 Å². The van der Waals surface area contributed by atoms with Crippen molar-refractivity contribution in [2.75, 3.05) is 6.61 Å². The number of nitrogens with zero attached hydrogens (tertiary/aromatic N) is 1. The van der Waals surface area contributed by atoms with E-state index in [4.69, 9.17) is 0 Å². The maximum Gasteiger partial charge on any atom is 0.242 e. The number of aliphatic hydroxyl groups excluding tert-OH is 1.